The second-order valence-corrected chi connectivity index (χ2v) is 15.4. The molecule has 1 unspecified atom stereocenters. The zero-order valence-electron chi connectivity index (χ0n) is 35.1. The Morgan fingerprint density at radius 3 is 1.08 bits per heavy atom. The van der Waals surface area contributed by atoms with Gasteiger partial charge < -0.3 is 14.2 Å². The molecule has 0 amide bonds. The van der Waals surface area contributed by atoms with Gasteiger partial charge in [-0.05, 0) is 57.8 Å². The fraction of sp³-hybridized carbons (Fsp3) is 0.851. The van der Waals surface area contributed by atoms with Crippen LogP contribution >= 0.6 is 0 Å². The molecule has 0 aromatic carbocycles. The highest BCUT2D eigenvalue weighted by molar-refractivity contribution is 5.71. The molecule has 1 atom stereocenters. The summed E-state index contributed by atoms with van der Waals surface area (Å²) < 4.78 is 16.6. The van der Waals surface area contributed by atoms with E-state index in [1.54, 1.807) is 0 Å². The number of ether oxygens (including phenoxy) is 3. The Morgan fingerprint density at radius 1 is 0.415 bits per heavy atom. The zero-order valence-corrected chi connectivity index (χ0v) is 35.1. The van der Waals surface area contributed by atoms with Crippen LogP contribution in [0.1, 0.15) is 239 Å². The summed E-state index contributed by atoms with van der Waals surface area (Å²) in [5.74, 6) is -0.905. The van der Waals surface area contributed by atoms with Crippen molar-refractivity contribution in [3.8, 4) is 0 Å². The number of carbonyl (C=O) groups excluding carboxylic acids is 3. The van der Waals surface area contributed by atoms with Crippen LogP contribution in [0, 0.1) is 0 Å². The molecule has 6 nitrogen and oxygen atoms in total. The van der Waals surface area contributed by atoms with E-state index in [0.29, 0.717) is 19.3 Å². The minimum Gasteiger partial charge on any atom is -0.462 e. The predicted molar refractivity (Wildman–Crippen MR) is 224 cm³/mol. The third kappa shape index (κ3) is 40.9. The zero-order chi connectivity index (χ0) is 38.7. The van der Waals surface area contributed by atoms with Gasteiger partial charge in [-0.2, -0.15) is 0 Å². The molecule has 0 aromatic rings. The smallest absolute Gasteiger partial charge is 0.306 e. The van der Waals surface area contributed by atoms with Crippen LogP contribution in [-0.4, -0.2) is 37.2 Å². The second kappa shape index (κ2) is 42.6. The third-order valence-electron chi connectivity index (χ3n) is 10.1. The van der Waals surface area contributed by atoms with Crippen molar-refractivity contribution in [3.63, 3.8) is 0 Å². The Morgan fingerprint density at radius 2 is 0.717 bits per heavy atom. The number of carbonyl (C=O) groups is 3. The molecule has 310 valence electrons. The van der Waals surface area contributed by atoms with Crippen molar-refractivity contribution in [2.45, 2.75) is 245 Å². The fourth-order valence-corrected chi connectivity index (χ4v) is 6.59. The SMILES string of the molecule is C=CCCCCCCCC(=O)OCC(COC(=O)CCCCCCCCCCCCCCC)OC(=O)CCCCCCC/C=C\CCCCCCCC. The standard InChI is InChI=1S/C47H86O6/c1-4-7-10-13-16-18-20-22-23-25-27-29-32-35-38-41-47(50)53-44(42-51-45(48)39-36-33-30-15-12-9-6-3)43-52-46(49)40-37-34-31-28-26-24-21-19-17-14-11-8-5-2/h6,22-23,44H,3-5,7-21,24-43H2,1-2H3/b23-22-. The molecule has 0 aliphatic rings. The first-order chi connectivity index (χ1) is 26.0. The summed E-state index contributed by atoms with van der Waals surface area (Å²) in [6.07, 6.45) is 44.9. The van der Waals surface area contributed by atoms with Gasteiger partial charge in [0.1, 0.15) is 13.2 Å². The lowest BCUT2D eigenvalue weighted by molar-refractivity contribution is -0.167. The van der Waals surface area contributed by atoms with Gasteiger partial charge in [0.15, 0.2) is 6.10 Å². The van der Waals surface area contributed by atoms with E-state index < -0.39 is 6.10 Å². The highest BCUT2D eigenvalue weighted by Gasteiger charge is 2.19. The summed E-state index contributed by atoms with van der Waals surface area (Å²) in [7, 11) is 0. The molecule has 0 radical (unpaired) electrons. The molecule has 0 spiro atoms. The van der Waals surface area contributed by atoms with E-state index in [-0.39, 0.29) is 31.1 Å². The molecule has 0 bridgehead atoms. The number of unbranched alkanes of at least 4 members (excludes halogenated alkanes) is 28. The fourth-order valence-electron chi connectivity index (χ4n) is 6.59. The van der Waals surface area contributed by atoms with Gasteiger partial charge in [-0.25, -0.2) is 0 Å². The molecule has 0 N–H and O–H groups in total. The highest BCUT2D eigenvalue weighted by Crippen LogP contribution is 2.15. The molecule has 0 saturated heterocycles. The summed E-state index contributed by atoms with van der Waals surface area (Å²) in [6, 6.07) is 0. The van der Waals surface area contributed by atoms with Gasteiger partial charge in [0.05, 0.1) is 0 Å². The molecular weight excluding hydrogens is 661 g/mol. The Kier molecular flexibility index (Phi) is 40.9. The lowest BCUT2D eigenvalue weighted by Crippen LogP contribution is -2.30. The second-order valence-electron chi connectivity index (χ2n) is 15.4. The van der Waals surface area contributed by atoms with Crippen LogP contribution < -0.4 is 0 Å². The van der Waals surface area contributed by atoms with Gasteiger partial charge in [0, 0.05) is 19.3 Å². The largest absolute Gasteiger partial charge is 0.462 e. The van der Waals surface area contributed by atoms with Crippen LogP contribution in [0.15, 0.2) is 24.8 Å². The maximum absolute atomic E-state index is 12.7. The Balaban J connectivity index is 4.29. The van der Waals surface area contributed by atoms with Gasteiger partial charge in [0.25, 0.3) is 0 Å². The van der Waals surface area contributed by atoms with E-state index in [0.717, 1.165) is 83.5 Å². The van der Waals surface area contributed by atoms with Crippen LogP contribution in [0.4, 0.5) is 0 Å². The van der Waals surface area contributed by atoms with Crippen molar-refractivity contribution in [3.05, 3.63) is 24.8 Å². The van der Waals surface area contributed by atoms with Crippen LogP contribution in [-0.2, 0) is 28.6 Å². The first-order valence-electron chi connectivity index (χ1n) is 22.8. The van der Waals surface area contributed by atoms with Gasteiger partial charge in [-0.15, -0.1) is 6.58 Å². The molecule has 53 heavy (non-hydrogen) atoms. The molecule has 0 fully saturated rings. The quantitative estimate of drug-likeness (QED) is 0.0268. The first-order valence-corrected chi connectivity index (χ1v) is 22.8. The van der Waals surface area contributed by atoms with E-state index in [1.165, 1.54) is 122 Å². The van der Waals surface area contributed by atoms with E-state index >= 15 is 0 Å². The molecule has 6 heteroatoms. The van der Waals surface area contributed by atoms with E-state index in [2.05, 4.69) is 32.6 Å². The number of hydrogen-bond donors (Lipinski definition) is 0. The molecule has 0 rings (SSSR count). The van der Waals surface area contributed by atoms with Gasteiger partial charge in [0.2, 0.25) is 0 Å². The first kappa shape index (κ1) is 50.9. The topological polar surface area (TPSA) is 78.9 Å². The summed E-state index contributed by atoms with van der Waals surface area (Å²) in [5.41, 5.74) is 0. The van der Waals surface area contributed by atoms with E-state index in [1.807, 2.05) is 6.08 Å². The van der Waals surface area contributed by atoms with Crippen molar-refractivity contribution in [1.29, 1.82) is 0 Å². The van der Waals surface area contributed by atoms with Crippen molar-refractivity contribution < 1.29 is 28.6 Å². The number of rotatable bonds is 42. The molecule has 0 aromatic heterocycles. The van der Waals surface area contributed by atoms with E-state index in [4.69, 9.17) is 14.2 Å². The highest BCUT2D eigenvalue weighted by atomic mass is 16.6. The minimum absolute atomic E-state index is 0.0774. The summed E-state index contributed by atoms with van der Waals surface area (Å²) in [4.78, 5) is 37.6. The maximum atomic E-state index is 12.7. The Bertz CT molecular complexity index is 852. The van der Waals surface area contributed by atoms with Crippen molar-refractivity contribution in [2.24, 2.45) is 0 Å². The lowest BCUT2D eigenvalue weighted by atomic mass is 10.0. The van der Waals surface area contributed by atoms with Gasteiger partial charge in [-0.3, -0.25) is 14.4 Å². The van der Waals surface area contributed by atoms with Crippen LogP contribution in [0.2, 0.25) is 0 Å². The number of hydrogen-bond acceptors (Lipinski definition) is 6. The molecular formula is C47H86O6. The average molecular weight is 747 g/mol. The van der Waals surface area contributed by atoms with Crippen molar-refractivity contribution in [1.82, 2.24) is 0 Å². The summed E-state index contributed by atoms with van der Waals surface area (Å²) in [6.45, 7) is 8.12. The normalized spacial score (nSPS) is 11.9. The summed E-state index contributed by atoms with van der Waals surface area (Å²) in [5, 5.41) is 0. The molecule has 0 saturated carbocycles. The molecule has 0 aliphatic heterocycles. The predicted octanol–water partition coefficient (Wildman–Crippen LogP) is 14.4. The van der Waals surface area contributed by atoms with Crippen molar-refractivity contribution >= 4 is 17.9 Å². The van der Waals surface area contributed by atoms with E-state index in [9.17, 15) is 14.4 Å². The maximum Gasteiger partial charge on any atom is 0.306 e. The molecule has 0 aliphatic carbocycles. The lowest BCUT2D eigenvalue weighted by Gasteiger charge is -2.18. The van der Waals surface area contributed by atoms with Gasteiger partial charge >= 0.3 is 17.9 Å². The Hall–Kier alpha value is -2.11. The van der Waals surface area contributed by atoms with Crippen LogP contribution in [0.3, 0.4) is 0 Å². The number of allylic oxidation sites excluding steroid dienone is 3. The van der Waals surface area contributed by atoms with Gasteiger partial charge in [-0.1, -0.05) is 180 Å². The van der Waals surface area contributed by atoms with Crippen molar-refractivity contribution in [2.75, 3.05) is 13.2 Å². The summed E-state index contributed by atoms with van der Waals surface area (Å²) >= 11 is 0. The minimum atomic E-state index is -0.774. The molecule has 0 heterocycles. The van der Waals surface area contributed by atoms with Crippen LogP contribution in [0.5, 0.6) is 0 Å². The van der Waals surface area contributed by atoms with Crippen LogP contribution in [0.25, 0.3) is 0 Å². The Labute approximate surface area is 328 Å². The average Bonchev–Trinajstić information content (AvgIpc) is 3.15. The number of esters is 3. The monoisotopic (exact) mass is 747 g/mol. The third-order valence-corrected chi connectivity index (χ3v) is 10.1.